The molecular weight excluding hydrogens is 363 g/mol. The van der Waals surface area contributed by atoms with E-state index in [0.29, 0.717) is 6.42 Å². The highest BCUT2D eigenvalue weighted by Crippen LogP contribution is 2.27. The lowest BCUT2D eigenvalue weighted by molar-refractivity contribution is 0.102. The van der Waals surface area contributed by atoms with Gasteiger partial charge in [0.2, 0.25) is 10.0 Å². The standard InChI is InChI=1S/C13H18BrFN2O3S/c14-10-5-13(12(16)6-11(10)15)21(19,20)17-7-8-2-1-3-9(18)4-8/h5-6,8-9,17-18H,1-4,7,16H2. The summed E-state index contributed by atoms with van der Waals surface area (Å²) in [5.41, 5.74) is 5.45. The fourth-order valence-corrected chi connectivity index (χ4v) is 4.28. The summed E-state index contributed by atoms with van der Waals surface area (Å²) >= 11 is 2.95. The molecule has 0 bridgehead atoms. The van der Waals surface area contributed by atoms with E-state index in [9.17, 15) is 17.9 Å². The van der Waals surface area contributed by atoms with Crippen molar-refractivity contribution in [2.24, 2.45) is 5.92 Å². The van der Waals surface area contributed by atoms with Crippen molar-refractivity contribution in [2.45, 2.75) is 36.7 Å². The van der Waals surface area contributed by atoms with Crippen LogP contribution in [0.1, 0.15) is 25.7 Å². The molecule has 2 atom stereocenters. The third kappa shape index (κ3) is 4.15. The number of aliphatic hydroxyl groups excluding tert-OH is 1. The average molecular weight is 381 g/mol. The van der Waals surface area contributed by atoms with E-state index in [1.165, 1.54) is 0 Å². The summed E-state index contributed by atoms with van der Waals surface area (Å²) in [6.45, 7) is 0.244. The van der Waals surface area contributed by atoms with Crippen molar-refractivity contribution in [3.8, 4) is 0 Å². The van der Waals surface area contributed by atoms with Gasteiger partial charge in [0.15, 0.2) is 0 Å². The van der Waals surface area contributed by atoms with Crippen LogP contribution in [0, 0.1) is 11.7 Å². The van der Waals surface area contributed by atoms with Gasteiger partial charge in [0.05, 0.1) is 16.3 Å². The van der Waals surface area contributed by atoms with Gasteiger partial charge in [-0.2, -0.15) is 0 Å². The fraction of sp³-hybridized carbons (Fsp3) is 0.538. The van der Waals surface area contributed by atoms with Gasteiger partial charge in [0.1, 0.15) is 10.7 Å². The molecule has 1 aliphatic rings. The molecular formula is C13H18BrFN2O3S. The van der Waals surface area contributed by atoms with Crippen LogP contribution in [0.5, 0.6) is 0 Å². The molecule has 0 saturated heterocycles. The molecule has 1 aliphatic carbocycles. The zero-order valence-corrected chi connectivity index (χ0v) is 13.8. The molecule has 1 aromatic rings. The van der Waals surface area contributed by atoms with Crippen molar-refractivity contribution in [2.75, 3.05) is 12.3 Å². The van der Waals surface area contributed by atoms with Crippen molar-refractivity contribution >= 4 is 31.6 Å². The fourth-order valence-electron chi connectivity index (χ4n) is 2.53. The summed E-state index contributed by atoms with van der Waals surface area (Å²) in [6.07, 6.45) is 2.75. The van der Waals surface area contributed by atoms with E-state index in [4.69, 9.17) is 5.73 Å². The van der Waals surface area contributed by atoms with Crippen LogP contribution >= 0.6 is 15.9 Å². The minimum Gasteiger partial charge on any atom is -0.398 e. The maximum Gasteiger partial charge on any atom is 0.242 e. The van der Waals surface area contributed by atoms with E-state index in [-0.39, 0.29) is 33.6 Å². The van der Waals surface area contributed by atoms with Gasteiger partial charge in [0.25, 0.3) is 0 Å². The van der Waals surface area contributed by atoms with Gasteiger partial charge < -0.3 is 10.8 Å². The minimum absolute atomic E-state index is 0.0464. The number of nitrogens with one attached hydrogen (secondary N) is 1. The molecule has 1 aromatic carbocycles. The van der Waals surface area contributed by atoms with Crippen LogP contribution in [0.2, 0.25) is 0 Å². The van der Waals surface area contributed by atoms with Crippen LogP contribution in [0.4, 0.5) is 10.1 Å². The van der Waals surface area contributed by atoms with Crippen molar-refractivity contribution in [1.29, 1.82) is 0 Å². The Balaban J connectivity index is 2.10. The number of anilines is 1. The highest BCUT2D eigenvalue weighted by molar-refractivity contribution is 9.10. The zero-order chi connectivity index (χ0) is 15.6. The lowest BCUT2D eigenvalue weighted by Crippen LogP contribution is -2.33. The molecule has 0 radical (unpaired) electrons. The Morgan fingerprint density at radius 2 is 2.14 bits per heavy atom. The topological polar surface area (TPSA) is 92.4 Å². The monoisotopic (exact) mass is 380 g/mol. The molecule has 21 heavy (non-hydrogen) atoms. The van der Waals surface area contributed by atoms with E-state index in [1.807, 2.05) is 0 Å². The molecule has 1 saturated carbocycles. The molecule has 2 unspecified atom stereocenters. The van der Waals surface area contributed by atoms with Gasteiger partial charge in [-0.25, -0.2) is 17.5 Å². The molecule has 4 N–H and O–H groups in total. The van der Waals surface area contributed by atoms with Gasteiger partial charge in [0, 0.05) is 6.54 Å². The molecule has 0 aliphatic heterocycles. The number of nitrogen functional groups attached to an aromatic ring is 1. The van der Waals surface area contributed by atoms with Crippen molar-refractivity contribution in [1.82, 2.24) is 4.72 Å². The Hall–Kier alpha value is -0.700. The summed E-state index contributed by atoms with van der Waals surface area (Å²) in [7, 11) is -3.80. The van der Waals surface area contributed by atoms with Gasteiger partial charge in [-0.15, -0.1) is 0 Å². The Labute approximate surface area is 131 Å². The van der Waals surface area contributed by atoms with E-state index < -0.39 is 15.8 Å². The lowest BCUT2D eigenvalue weighted by Gasteiger charge is -2.25. The molecule has 0 heterocycles. The number of sulfonamides is 1. The van der Waals surface area contributed by atoms with Crippen LogP contribution in [0.25, 0.3) is 0 Å². The predicted octanol–water partition coefficient (Wildman–Crippen LogP) is 2.00. The normalized spacial score (nSPS) is 23.2. The number of hydrogen-bond acceptors (Lipinski definition) is 4. The summed E-state index contributed by atoms with van der Waals surface area (Å²) in [6, 6.07) is 2.13. The van der Waals surface area contributed by atoms with Crippen LogP contribution in [0.3, 0.4) is 0 Å². The second-order valence-electron chi connectivity index (χ2n) is 5.34. The van der Waals surface area contributed by atoms with Crippen LogP contribution in [-0.2, 0) is 10.0 Å². The molecule has 0 aromatic heterocycles. The van der Waals surface area contributed by atoms with E-state index >= 15 is 0 Å². The third-order valence-electron chi connectivity index (χ3n) is 3.66. The highest BCUT2D eigenvalue weighted by atomic mass is 79.9. The average Bonchev–Trinajstić information content (AvgIpc) is 2.41. The molecule has 1 fully saturated rings. The number of benzene rings is 1. The van der Waals surface area contributed by atoms with E-state index in [2.05, 4.69) is 20.7 Å². The van der Waals surface area contributed by atoms with Crippen molar-refractivity contribution in [3.63, 3.8) is 0 Å². The van der Waals surface area contributed by atoms with E-state index in [1.54, 1.807) is 0 Å². The first kappa shape index (κ1) is 16.7. The Morgan fingerprint density at radius 3 is 2.81 bits per heavy atom. The Kier molecular flexibility index (Phi) is 5.24. The summed E-state index contributed by atoms with van der Waals surface area (Å²) < 4.78 is 40.3. The number of nitrogens with two attached hydrogens (primary N) is 1. The van der Waals surface area contributed by atoms with Gasteiger partial charge in [-0.3, -0.25) is 0 Å². The minimum atomic E-state index is -3.80. The van der Waals surface area contributed by atoms with Gasteiger partial charge in [-0.05, 0) is 53.2 Å². The van der Waals surface area contributed by atoms with Crippen LogP contribution in [-0.4, -0.2) is 26.2 Å². The molecule has 8 heteroatoms. The lowest BCUT2D eigenvalue weighted by atomic mass is 9.87. The number of halogens is 2. The molecule has 5 nitrogen and oxygen atoms in total. The summed E-state index contributed by atoms with van der Waals surface area (Å²) in [4.78, 5) is -0.146. The van der Waals surface area contributed by atoms with Gasteiger partial charge in [-0.1, -0.05) is 6.42 Å². The predicted molar refractivity (Wildman–Crippen MR) is 81.7 cm³/mol. The Morgan fingerprint density at radius 1 is 1.43 bits per heavy atom. The van der Waals surface area contributed by atoms with Crippen LogP contribution < -0.4 is 10.5 Å². The quantitative estimate of drug-likeness (QED) is 0.696. The van der Waals surface area contributed by atoms with Crippen molar-refractivity contribution < 1.29 is 17.9 Å². The zero-order valence-electron chi connectivity index (χ0n) is 11.4. The number of aliphatic hydroxyl groups is 1. The summed E-state index contributed by atoms with van der Waals surface area (Å²) in [5.74, 6) is -0.504. The maximum atomic E-state index is 13.3. The first-order chi connectivity index (χ1) is 9.79. The molecule has 118 valence electrons. The summed E-state index contributed by atoms with van der Waals surface area (Å²) in [5, 5.41) is 9.59. The maximum absolute atomic E-state index is 13.3. The van der Waals surface area contributed by atoms with Crippen molar-refractivity contribution in [3.05, 3.63) is 22.4 Å². The second kappa shape index (κ2) is 6.60. The van der Waals surface area contributed by atoms with Crippen LogP contribution in [0.15, 0.2) is 21.5 Å². The van der Waals surface area contributed by atoms with Gasteiger partial charge >= 0.3 is 0 Å². The molecule has 0 spiro atoms. The number of rotatable bonds is 4. The largest absolute Gasteiger partial charge is 0.398 e. The highest BCUT2D eigenvalue weighted by Gasteiger charge is 2.24. The third-order valence-corrected chi connectivity index (χ3v) is 5.75. The first-order valence-electron chi connectivity index (χ1n) is 6.72. The smallest absolute Gasteiger partial charge is 0.242 e. The first-order valence-corrected chi connectivity index (χ1v) is 8.99. The SMILES string of the molecule is Nc1cc(F)c(Br)cc1S(=O)(=O)NCC1CCCC(O)C1. The second-order valence-corrected chi connectivity index (χ2v) is 7.93. The molecule has 2 rings (SSSR count). The Bertz CT molecular complexity index is 624. The number of hydrogen-bond donors (Lipinski definition) is 3. The van der Waals surface area contributed by atoms with E-state index in [0.717, 1.165) is 31.4 Å². The molecule has 0 amide bonds.